The minimum absolute atomic E-state index is 0.167. The number of hydrogen-bond donors (Lipinski definition) is 0. The van der Waals surface area contributed by atoms with Gasteiger partial charge in [-0.2, -0.15) is 0 Å². The minimum Gasteiger partial charge on any atom is -0.444 e. The van der Waals surface area contributed by atoms with Gasteiger partial charge in [0.2, 0.25) is 0 Å². The average molecular weight is 278 g/mol. The Morgan fingerprint density at radius 3 is 2.73 bits per heavy atom. The summed E-state index contributed by atoms with van der Waals surface area (Å²) in [5, 5.41) is 1.01. The van der Waals surface area contributed by atoms with Gasteiger partial charge in [0.1, 0.15) is 5.60 Å². The maximum Gasteiger partial charge on any atom is 0.410 e. The van der Waals surface area contributed by atoms with Crippen molar-refractivity contribution in [2.45, 2.75) is 39.2 Å². The number of ether oxygens (including phenoxy) is 1. The number of carbonyl (C=O) groups excluding carboxylic acids is 1. The Kier molecular flexibility index (Phi) is 4.44. The van der Waals surface area contributed by atoms with Gasteiger partial charge in [0, 0.05) is 18.4 Å². The quantitative estimate of drug-likeness (QED) is 0.727. The lowest BCUT2D eigenvalue weighted by atomic mass is 10.1. The van der Waals surface area contributed by atoms with E-state index in [1.807, 2.05) is 25.7 Å². The molecular formula is C11H20BrNO2. The van der Waals surface area contributed by atoms with E-state index >= 15 is 0 Å². The Morgan fingerprint density at radius 1 is 1.53 bits per heavy atom. The summed E-state index contributed by atoms with van der Waals surface area (Å²) in [4.78, 5) is 13.5. The topological polar surface area (TPSA) is 29.5 Å². The van der Waals surface area contributed by atoms with Crippen LogP contribution in [0.2, 0.25) is 0 Å². The molecule has 0 saturated carbocycles. The minimum atomic E-state index is -0.384. The summed E-state index contributed by atoms with van der Waals surface area (Å²) in [5.74, 6) is 0.636. The fourth-order valence-corrected chi connectivity index (χ4v) is 2.36. The van der Waals surface area contributed by atoms with Gasteiger partial charge in [0.15, 0.2) is 0 Å². The zero-order valence-corrected chi connectivity index (χ0v) is 11.3. The fraction of sp³-hybridized carbons (Fsp3) is 0.909. The zero-order valence-electron chi connectivity index (χ0n) is 9.75. The molecule has 0 unspecified atom stereocenters. The molecule has 0 N–H and O–H groups in total. The van der Waals surface area contributed by atoms with Crippen LogP contribution in [-0.4, -0.2) is 35.0 Å². The molecule has 0 aliphatic carbocycles. The highest BCUT2D eigenvalue weighted by Crippen LogP contribution is 2.22. The van der Waals surface area contributed by atoms with Crippen LogP contribution in [0.25, 0.3) is 0 Å². The number of amides is 1. The molecule has 15 heavy (non-hydrogen) atoms. The van der Waals surface area contributed by atoms with Crippen molar-refractivity contribution >= 4 is 22.0 Å². The van der Waals surface area contributed by atoms with Crippen LogP contribution in [0.15, 0.2) is 0 Å². The van der Waals surface area contributed by atoms with Crippen molar-refractivity contribution in [1.29, 1.82) is 0 Å². The molecular weight excluding hydrogens is 258 g/mol. The summed E-state index contributed by atoms with van der Waals surface area (Å²) >= 11 is 3.43. The average Bonchev–Trinajstić information content (AvgIpc) is 2.50. The summed E-state index contributed by atoms with van der Waals surface area (Å²) in [7, 11) is 0. The second-order valence-corrected chi connectivity index (χ2v) is 5.85. The molecule has 1 amide bonds. The van der Waals surface area contributed by atoms with E-state index in [0.717, 1.165) is 31.3 Å². The SMILES string of the molecule is CC(C)(C)OC(=O)N1CC[C@@H](CCBr)C1. The Morgan fingerprint density at radius 2 is 2.20 bits per heavy atom. The van der Waals surface area contributed by atoms with Crippen molar-refractivity contribution in [2.24, 2.45) is 5.92 Å². The van der Waals surface area contributed by atoms with Crippen LogP contribution in [-0.2, 0) is 4.74 Å². The molecule has 1 atom stereocenters. The second kappa shape index (κ2) is 5.19. The van der Waals surface area contributed by atoms with Crippen LogP contribution in [0.3, 0.4) is 0 Å². The van der Waals surface area contributed by atoms with Gasteiger partial charge in [-0.1, -0.05) is 15.9 Å². The van der Waals surface area contributed by atoms with Gasteiger partial charge in [-0.15, -0.1) is 0 Å². The van der Waals surface area contributed by atoms with E-state index in [4.69, 9.17) is 4.74 Å². The van der Waals surface area contributed by atoms with Crippen molar-refractivity contribution in [1.82, 2.24) is 4.90 Å². The molecule has 1 aliphatic rings. The maximum absolute atomic E-state index is 11.7. The molecule has 0 spiro atoms. The molecule has 0 radical (unpaired) electrons. The number of hydrogen-bond acceptors (Lipinski definition) is 2. The maximum atomic E-state index is 11.7. The molecule has 1 rings (SSSR count). The normalized spacial score (nSPS) is 21.9. The van der Waals surface area contributed by atoms with Crippen molar-refractivity contribution in [2.75, 3.05) is 18.4 Å². The van der Waals surface area contributed by atoms with Crippen LogP contribution in [0.1, 0.15) is 33.6 Å². The molecule has 1 saturated heterocycles. The molecule has 88 valence electrons. The Labute approximate surface area is 100 Å². The lowest BCUT2D eigenvalue weighted by Crippen LogP contribution is -2.35. The lowest BCUT2D eigenvalue weighted by Gasteiger charge is -2.24. The third-order valence-corrected chi connectivity index (χ3v) is 2.91. The van der Waals surface area contributed by atoms with Crippen molar-refractivity contribution in [3.63, 3.8) is 0 Å². The summed E-state index contributed by atoms with van der Waals surface area (Å²) < 4.78 is 5.32. The Balaban J connectivity index is 2.37. The number of likely N-dealkylation sites (tertiary alicyclic amines) is 1. The van der Waals surface area contributed by atoms with Crippen LogP contribution in [0.4, 0.5) is 4.79 Å². The molecule has 1 heterocycles. The molecule has 3 nitrogen and oxygen atoms in total. The van der Waals surface area contributed by atoms with Gasteiger partial charge in [0.05, 0.1) is 0 Å². The molecule has 0 aromatic rings. The van der Waals surface area contributed by atoms with E-state index in [2.05, 4.69) is 15.9 Å². The predicted octanol–water partition coefficient (Wildman–Crippen LogP) is 3.03. The fourth-order valence-electron chi connectivity index (χ4n) is 1.71. The summed E-state index contributed by atoms with van der Waals surface area (Å²) in [6.07, 6.45) is 2.07. The van der Waals surface area contributed by atoms with E-state index in [-0.39, 0.29) is 11.7 Å². The Hall–Kier alpha value is -0.250. The van der Waals surface area contributed by atoms with Gasteiger partial charge in [0.25, 0.3) is 0 Å². The van der Waals surface area contributed by atoms with Gasteiger partial charge < -0.3 is 9.64 Å². The largest absolute Gasteiger partial charge is 0.444 e. The lowest BCUT2D eigenvalue weighted by molar-refractivity contribution is 0.0288. The number of nitrogens with zero attached hydrogens (tertiary/aromatic N) is 1. The highest BCUT2D eigenvalue weighted by atomic mass is 79.9. The number of alkyl halides is 1. The predicted molar refractivity (Wildman–Crippen MR) is 64.3 cm³/mol. The smallest absolute Gasteiger partial charge is 0.410 e. The van der Waals surface area contributed by atoms with E-state index < -0.39 is 0 Å². The van der Waals surface area contributed by atoms with Crippen LogP contribution < -0.4 is 0 Å². The van der Waals surface area contributed by atoms with Crippen LogP contribution in [0.5, 0.6) is 0 Å². The monoisotopic (exact) mass is 277 g/mol. The first-order chi connectivity index (χ1) is 6.92. The molecule has 0 aromatic heterocycles. The van der Waals surface area contributed by atoms with Crippen molar-refractivity contribution in [3.8, 4) is 0 Å². The standard InChI is InChI=1S/C11H20BrNO2/c1-11(2,3)15-10(14)13-7-5-9(8-13)4-6-12/h9H,4-8H2,1-3H3/t9-/m1/s1. The molecule has 1 aliphatic heterocycles. The summed E-state index contributed by atoms with van der Waals surface area (Å²) in [5.41, 5.74) is -0.384. The number of rotatable bonds is 2. The molecule has 0 bridgehead atoms. The number of halogens is 1. The molecule has 4 heteroatoms. The van der Waals surface area contributed by atoms with E-state index in [1.54, 1.807) is 0 Å². The highest BCUT2D eigenvalue weighted by Gasteiger charge is 2.29. The van der Waals surface area contributed by atoms with Crippen LogP contribution >= 0.6 is 15.9 Å². The first kappa shape index (κ1) is 12.8. The van der Waals surface area contributed by atoms with Crippen LogP contribution in [0, 0.1) is 5.92 Å². The molecule has 1 fully saturated rings. The van der Waals surface area contributed by atoms with Crippen molar-refractivity contribution in [3.05, 3.63) is 0 Å². The summed E-state index contributed by atoms with van der Waals surface area (Å²) in [6.45, 7) is 7.39. The van der Waals surface area contributed by atoms with Gasteiger partial charge in [-0.05, 0) is 39.5 Å². The first-order valence-corrected chi connectivity index (χ1v) is 6.58. The van der Waals surface area contributed by atoms with E-state index in [0.29, 0.717) is 5.92 Å². The Bertz CT molecular complexity index is 225. The third-order valence-electron chi connectivity index (χ3n) is 2.45. The van der Waals surface area contributed by atoms with Gasteiger partial charge in [-0.25, -0.2) is 4.79 Å². The van der Waals surface area contributed by atoms with Gasteiger partial charge in [-0.3, -0.25) is 0 Å². The summed E-state index contributed by atoms with van der Waals surface area (Å²) in [6, 6.07) is 0. The third kappa shape index (κ3) is 4.41. The second-order valence-electron chi connectivity index (χ2n) is 5.06. The zero-order chi connectivity index (χ0) is 11.5. The van der Waals surface area contributed by atoms with E-state index in [1.165, 1.54) is 0 Å². The first-order valence-electron chi connectivity index (χ1n) is 5.46. The van der Waals surface area contributed by atoms with E-state index in [9.17, 15) is 4.79 Å². The highest BCUT2D eigenvalue weighted by molar-refractivity contribution is 9.09. The molecule has 0 aromatic carbocycles. The van der Waals surface area contributed by atoms with Gasteiger partial charge >= 0.3 is 6.09 Å². The van der Waals surface area contributed by atoms with Crippen molar-refractivity contribution < 1.29 is 9.53 Å². The number of carbonyl (C=O) groups is 1.